The molecule has 0 saturated carbocycles. The molecule has 0 saturated heterocycles. The van der Waals surface area contributed by atoms with Gasteiger partial charge in [0.2, 0.25) is 0 Å². The van der Waals surface area contributed by atoms with E-state index in [0.29, 0.717) is 31.0 Å². The number of esters is 1. The minimum Gasteiger partial charge on any atom is -0.465 e. The fraction of sp³-hybridized carbons (Fsp3) is 0.533. The second-order valence-corrected chi connectivity index (χ2v) is 4.76. The van der Waals surface area contributed by atoms with Gasteiger partial charge in [-0.25, -0.2) is 4.79 Å². The zero-order valence-corrected chi connectivity index (χ0v) is 13.1. The Balaban J connectivity index is 3.18. The van der Waals surface area contributed by atoms with Gasteiger partial charge in [0.1, 0.15) is 0 Å². The number of nitrogen functional groups attached to an aromatic ring is 1. The Morgan fingerprint density at radius 1 is 1.29 bits per heavy atom. The van der Waals surface area contributed by atoms with Crippen LogP contribution in [0.5, 0.6) is 0 Å². The van der Waals surface area contributed by atoms with Crippen LogP contribution >= 0.6 is 0 Å². The third-order valence-corrected chi connectivity index (χ3v) is 3.21. The molecule has 0 aliphatic carbocycles. The number of benzene rings is 1. The molecule has 21 heavy (non-hydrogen) atoms. The Kier molecular flexibility index (Phi) is 6.98. The minimum absolute atomic E-state index is 0.0807. The highest BCUT2D eigenvalue weighted by molar-refractivity contribution is 5.97. The molecule has 0 aliphatic rings. The van der Waals surface area contributed by atoms with Gasteiger partial charge >= 0.3 is 5.97 Å². The normalized spacial score (nSPS) is 12.0. The highest BCUT2D eigenvalue weighted by Crippen LogP contribution is 2.26. The van der Waals surface area contributed by atoms with Crippen molar-refractivity contribution in [2.24, 2.45) is 0 Å². The first-order valence-corrected chi connectivity index (χ1v) is 6.77. The maximum atomic E-state index is 12.0. The van der Waals surface area contributed by atoms with Crippen LogP contribution in [0.3, 0.4) is 0 Å². The molecule has 0 radical (unpaired) electrons. The Bertz CT molecular complexity index is 465. The van der Waals surface area contributed by atoms with E-state index in [4.69, 9.17) is 19.9 Å². The van der Waals surface area contributed by atoms with Crippen molar-refractivity contribution in [3.05, 3.63) is 23.8 Å². The van der Waals surface area contributed by atoms with Crippen molar-refractivity contribution in [3.63, 3.8) is 0 Å². The fourth-order valence-electron chi connectivity index (χ4n) is 2.18. The molecule has 1 unspecified atom stereocenters. The Morgan fingerprint density at radius 2 is 2.00 bits per heavy atom. The highest BCUT2D eigenvalue weighted by atomic mass is 16.5. The molecule has 0 bridgehead atoms. The van der Waals surface area contributed by atoms with Crippen LogP contribution < -0.4 is 10.6 Å². The lowest BCUT2D eigenvalue weighted by molar-refractivity contribution is 0.0601. The van der Waals surface area contributed by atoms with Gasteiger partial charge < -0.3 is 24.8 Å². The van der Waals surface area contributed by atoms with Crippen LogP contribution in [0.25, 0.3) is 0 Å². The Labute approximate surface area is 125 Å². The summed E-state index contributed by atoms with van der Waals surface area (Å²) in [6, 6.07) is 5.29. The number of ether oxygens (including phenoxy) is 3. The molecule has 1 aromatic carbocycles. The summed E-state index contributed by atoms with van der Waals surface area (Å²) in [5.74, 6) is -0.413. The zero-order chi connectivity index (χ0) is 15.8. The summed E-state index contributed by atoms with van der Waals surface area (Å²) in [5.41, 5.74) is 7.50. The molecule has 0 amide bonds. The SMILES string of the molecule is COCCN(c1ccc(N)cc1C(=O)OC)C(C)COC. The fourth-order valence-corrected chi connectivity index (χ4v) is 2.18. The van der Waals surface area contributed by atoms with Crippen molar-refractivity contribution < 1.29 is 19.0 Å². The molecule has 1 aromatic rings. The zero-order valence-electron chi connectivity index (χ0n) is 13.1. The summed E-state index contributed by atoms with van der Waals surface area (Å²) in [5, 5.41) is 0. The van der Waals surface area contributed by atoms with Crippen molar-refractivity contribution in [2.45, 2.75) is 13.0 Å². The lowest BCUT2D eigenvalue weighted by atomic mass is 10.1. The van der Waals surface area contributed by atoms with Crippen molar-refractivity contribution >= 4 is 17.3 Å². The van der Waals surface area contributed by atoms with Crippen LogP contribution in [0.1, 0.15) is 17.3 Å². The molecule has 0 heterocycles. The van der Waals surface area contributed by atoms with Crippen LogP contribution in [-0.2, 0) is 14.2 Å². The average Bonchev–Trinajstić information content (AvgIpc) is 2.48. The number of nitrogens with two attached hydrogens (primary N) is 1. The lowest BCUT2D eigenvalue weighted by Gasteiger charge is -2.32. The number of rotatable bonds is 8. The minimum atomic E-state index is -0.413. The summed E-state index contributed by atoms with van der Waals surface area (Å²) >= 11 is 0. The van der Waals surface area contributed by atoms with Crippen molar-refractivity contribution in [1.82, 2.24) is 0 Å². The number of nitrogens with zero attached hydrogens (tertiary/aromatic N) is 1. The molecule has 0 aliphatic heterocycles. The number of hydrogen-bond donors (Lipinski definition) is 1. The van der Waals surface area contributed by atoms with E-state index in [-0.39, 0.29) is 6.04 Å². The number of methoxy groups -OCH3 is 3. The second kappa shape index (κ2) is 8.49. The molecule has 2 N–H and O–H groups in total. The van der Waals surface area contributed by atoms with Gasteiger partial charge in [0, 0.05) is 32.5 Å². The summed E-state index contributed by atoms with van der Waals surface area (Å²) in [6.45, 7) is 3.74. The van der Waals surface area contributed by atoms with Gasteiger partial charge in [0.25, 0.3) is 0 Å². The van der Waals surface area contributed by atoms with Gasteiger partial charge in [0.15, 0.2) is 0 Å². The Morgan fingerprint density at radius 3 is 2.57 bits per heavy atom. The first kappa shape index (κ1) is 17.3. The van der Waals surface area contributed by atoms with E-state index in [1.165, 1.54) is 7.11 Å². The molecule has 1 atom stereocenters. The van der Waals surface area contributed by atoms with E-state index in [9.17, 15) is 4.79 Å². The highest BCUT2D eigenvalue weighted by Gasteiger charge is 2.21. The summed E-state index contributed by atoms with van der Waals surface area (Å²) in [4.78, 5) is 14.0. The summed E-state index contributed by atoms with van der Waals surface area (Å²) in [6.07, 6.45) is 0. The second-order valence-electron chi connectivity index (χ2n) is 4.76. The standard InChI is InChI=1S/C15H24N2O4/c1-11(10-20-3)17(7-8-19-2)14-6-5-12(16)9-13(14)15(18)21-4/h5-6,9,11H,7-8,10,16H2,1-4H3. The molecule has 1 rings (SSSR count). The molecule has 0 spiro atoms. The van der Waals surface area contributed by atoms with Crippen molar-refractivity contribution in [1.29, 1.82) is 0 Å². The number of carbonyl (C=O) groups excluding carboxylic acids is 1. The molecule has 0 aromatic heterocycles. The van der Waals surface area contributed by atoms with Crippen LogP contribution in [0.2, 0.25) is 0 Å². The van der Waals surface area contributed by atoms with Gasteiger partial charge in [0.05, 0.1) is 31.6 Å². The predicted molar refractivity (Wildman–Crippen MR) is 82.8 cm³/mol. The van der Waals surface area contributed by atoms with Crippen LogP contribution in [0.15, 0.2) is 18.2 Å². The topological polar surface area (TPSA) is 74.0 Å². The van der Waals surface area contributed by atoms with Crippen LogP contribution in [0.4, 0.5) is 11.4 Å². The van der Waals surface area contributed by atoms with Crippen LogP contribution in [0, 0.1) is 0 Å². The predicted octanol–water partition coefficient (Wildman–Crippen LogP) is 1.54. The van der Waals surface area contributed by atoms with E-state index in [0.717, 1.165) is 5.69 Å². The van der Waals surface area contributed by atoms with Crippen molar-refractivity contribution in [3.8, 4) is 0 Å². The van der Waals surface area contributed by atoms with Gasteiger partial charge in [-0.2, -0.15) is 0 Å². The monoisotopic (exact) mass is 296 g/mol. The first-order chi connectivity index (χ1) is 10.0. The Hall–Kier alpha value is -1.79. The largest absolute Gasteiger partial charge is 0.465 e. The summed E-state index contributed by atoms with van der Waals surface area (Å²) < 4.78 is 15.2. The van der Waals surface area contributed by atoms with Gasteiger partial charge in [-0.05, 0) is 25.1 Å². The lowest BCUT2D eigenvalue weighted by Crippen LogP contribution is -2.39. The maximum Gasteiger partial charge on any atom is 0.340 e. The quantitative estimate of drug-likeness (QED) is 0.579. The first-order valence-electron chi connectivity index (χ1n) is 6.77. The number of anilines is 2. The smallest absolute Gasteiger partial charge is 0.340 e. The average molecular weight is 296 g/mol. The summed E-state index contributed by atoms with van der Waals surface area (Å²) in [7, 11) is 4.64. The molecule has 118 valence electrons. The molecule has 6 heteroatoms. The van der Waals surface area contributed by atoms with Crippen LogP contribution in [-0.4, -0.2) is 53.1 Å². The number of hydrogen-bond acceptors (Lipinski definition) is 6. The van der Waals surface area contributed by atoms with E-state index in [1.807, 2.05) is 13.0 Å². The van der Waals surface area contributed by atoms with Crippen molar-refractivity contribution in [2.75, 3.05) is 51.7 Å². The third-order valence-electron chi connectivity index (χ3n) is 3.21. The number of carbonyl (C=O) groups is 1. The molecule has 0 fully saturated rings. The van der Waals surface area contributed by atoms with Gasteiger partial charge in [-0.1, -0.05) is 0 Å². The molecule has 6 nitrogen and oxygen atoms in total. The third kappa shape index (κ3) is 4.61. The van der Waals surface area contributed by atoms with Gasteiger partial charge in [-0.15, -0.1) is 0 Å². The van der Waals surface area contributed by atoms with Gasteiger partial charge in [-0.3, -0.25) is 0 Å². The molecular formula is C15H24N2O4. The van der Waals surface area contributed by atoms with E-state index in [2.05, 4.69) is 4.90 Å². The van der Waals surface area contributed by atoms with E-state index in [1.54, 1.807) is 26.4 Å². The maximum absolute atomic E-state index is 12.0. The molecular weight excluding hydrogens is 272 g/mol. The van der Waals surface area contributed by atoms with E-state index < -0.39 is 5.97 Å². The van der Waals surface area contributed by atoms with E-state index >= 15 is 0 Å².